The summed E-state index contributed by atoms with van der Waals surface area (Å²) >= 11 is 0. The first-order valence-corrected chi connectivity index (χ1v) is 7.41. The van der Waals surface area contributed by atoms with E-state index >= 15 is 0 Å². The van der Waals surface area contributed by atoms with E-state index in [-0.39, 0.29) is 0 Å². The Balaban J connectivity index is 2.06. The SMILES string of the molecule is CC(C)CC(C)(C)CNCCC1CCCNC1. The highest BCUT2D eigenvalue weighted by Crippen LogP contribution is 2.24. The highest BCUT2D eigenvalue weighted by Gasteiger charge is 2.19. The summed E-state index contributed by atoms with van der Waals surface area (Å²) in [6.07, 6.45) is 5.43. The predicted molar refractivity (Wildman–Crippen MR) is 76.3 cm³/mol. The van der Waals surface area contributed by atoms with Crippen LogP contribution in [0.3, 0.4) is 0 Å². The van der Waals surface area contributed by atoms with Crippen LogP contribution >= 0.6 is 0 Å². The summed E-state index contributed by atoms with van der Waals surface area (Å²) in [5.74, 6) is 1.71. The summed E-state index contributed by atoms with van der Waals surface area (Å²) in [4.78, 5) is 0. The van der Waals surface area contributed by atoms with Gasteiger partial charge in [0.15, 0.2) is 0 Å². The van der Waals surface area contributed by atoms with Crippen molar-refractivity contribution in [3.8, 4) is 0 Å². The fraction of sp³-hybridized carbons (Fsp3) is 1.00. The van der Waals surface area contributed by atoms with Gasteiger partial charge in [0, 0.05) is 6.54 Å². The van der Waals surface area contributed by atoms with Crippen molar-refractivity contribution < 1.29 is 0 Å². The molecule has 1 aliphatic rings. The van der Waals surface area contributed by atoms with Crippen LogP contribution in [-0.2, 0) is 0 Å². The summed E-state index contributed by atoms with van der Waals surface area (Å²) in [6.45, 7) is 14.2. The molecule has 0 radical (unpaired) electrons. The molecule has 1 fully saturated rings. The summed E-state index contributed by atoms with van der Waals surface area (Å²) in [5.41, 5.74) is 0.443. The molecule has 1 heterocycles. The quantitative estimate of drug-likeness (QED) is 0.668. The zero-order valence-electron chi connectivity index (χ0n) is 12.3. The lowest BCUT2D eigenvalue weighted by Gasteiger charge is -2.28. The molecule has 0 aliphatic carbocycles. The number of nitrogens with one attached hydrogen (secondary N) is 2. The summed E-state index contributed by atoms with van der Waals surface area (Å²) in [5, 5.41) is 7.14. The smallest absolute Gasteiger partial charge is 0.000262 e. The zero-order valence-corrected chi connectivity index (χ0v) is 12.3. The molecule has 1 saturated heterocycles. The minimum atomic E-state index is 0.443. The number of rotatable bonds is 7. The molecule has 0 aromatic rings. The number of hydrogen-bond acceptors (Lipinski definition) is 2. The van der Waals surface area contributed by atoms with E-state index in [1.54, 1.807) is 0 Å². The summed E-state index contributed by atoms with van der Waals surface area (Å²) in [6, 6.07) is 0. The Labute approximate surface area is 108 Å². The fourth-order valence-electron chi connectivity index (χ4n) is 3.08. The van der Waals surface area contributed by atoms with Gasteiger partial charge in [-0.25, -0.2) is 0 Å². The summed E-state index contributed by atoms with van der Waals surface area (Å²) < 4.78 is 0. The van der Waals surface area contributed by atoms with Gasteiger partial charge in [-0.05, 0) is 62.6 Å². The van der Waals surface area contributed by atoms with Crippen LogP contribution in [0, 0.1) is 17.3 Å². The molecule has 0 saturated carbocycles. The minimum Gasteiger partial charge on any atom is -0.316 e. The van der Waals surface area contributed by atoms with Gasteiger partial charge in [0.1, 0.15) is 0 Å². The molecular formula is C15H32N2. The first-order valence-electron chi connectivity index (χ1n) is 7.41. The first kappa shape index (κ1) is 15.0. The van der Waals surface area contributed by atoms with Gasteiger partial charge in [0.05, 0.1) is 0 Å². The highest BCUT2D eigenvalue weighted by molar-refractivity contribution is 4.74. The lowest BCUT2D eigenvalue weighted by atomic mass is 9.84. The van der Waals surface area contributed by atoms with Crippen molar-refractivity contribution in [3.05, 3.63) is 0 Å². The van der Waals surface area contributed by atoms with E-state index in [0.29, 0.717) is 5.41 Å². The second-order valence-corrected chi connectivity index (χ2v) is 6.94. The van der Waals surface area contributed by atoms with Gasteiger partial charge >= 0.3 is 0 Å². The standard InChI is InChI=1S/C15H32N2/c1-13(2)10-15(3,4)12-17-9-7-14-6-5-8-16-11-14/h13-14,16-17H,5-12H2,1-4H3. The molecule has 1 rings (SSSR count). The Morgan fingerprint density at radius 3 is 2.71 bits per heavy atom. The molecule has 1 atom stereocenters. The van der Waals surface area contributed by atoms with Crippen molar-refractivity contribution in [2.24, 2.45) is 17.3 Å². The van der Waals surface area contributed by atoms with E-state index < -0.39 is 0 Å². The van der Waals surface area contributed by atoms with Crippen LogP contribution in [0.25, 0.3) is 0 Å². The van der Waals surface area contributed by atoms with E-state index in [1.807, 2.05) is 0 Å². The van der Waals surface area contributed by atoms with Crippen molar-refractivity contribution in [1.82, 2.24) is 10.6 Å². The molecule has 1 aliphatic heterocycles. The summed E-state index contributed by atoms with van der Waals surface area (Å²) in [7, 11) is 0. The van der Waals surface area contributed by atoms with E-state index in [2.05, 4.69) is 38.3 Å². The molecule has 0 aromatic carbocycles. The van der Waals surface area contributed by atoms with E-state index in [1.165, 1.54) is 45.3 Å². The Kier molecular flexibility index (Phi) is 6.50. The Morgan fingerprint density at radius 2 is 2.12 bits per heavy atom. The van der Waals surface area contributed by atoms with Crippen molar-refractivity contribution in [2.45, 2.75) is 53.4 Å². The largest absolute Gasteiger partial charge is 0.316 e. The van der Waals surface area contributed by atoms with Crippen LogP contribution in [0.2, 0.25) is 0 Å². The Morgan fingerprint density at radius 1 is 1.35 bits per heavy atom. The van der Waals surface area contributed by atoms with Gasteiger partial charge in [-0.2, -0.15) is 0 Å². The van der Waals surface area contributed by atoms with Crippen LogP contribution in [0.1, 0.15) is 53.4 Å². The van der Waals surface area contributed by atoms with Gasteiger partial charge < -0.3 is 10.6 Å². The molecular weight excluding hydrogens is 208 g/mol. The van der Waals surface area contributed by atoms with Crippen molar-refractivity contribution in [3.63, 3.8) is 0 Å². The first-order chi connectivity index (χ1) is 7.99. The number of piperidine rings is 1. The third-order valence-corrected chi connectivity index (χ3v) is 3.69. The second-order valence-electron chi connectivity index (χ2n) is 6.94. The molecule has 2 nitrogen and oxygen atoms in total. The highest BCUT2D eigenvalue weighted by atomic mass is 14.9. The second kappa shape index (κ2) is 7.38. The van der Waals surface area contributed by atoms with Crippen LogP contribution in [0.5, 0.6) is 0 Å². The Bertz CT molecular complexity index is 193. The van der Waals surface area contributed by atoms with Gasteiger partial charge in [0.25, 0.3) is 0 Å². The van der Waals surface area contributed by atoms with Gasteiger partial charge in [-0.15, -0.1) is 0 Å². The maximum Gasteiger partial charge on any atom is 0.000262 e. The van der Waals surface area contributed by atoms with E-state index in [0.717, 1.165) is 18.4 Å². The van der Waals surface area contributed by atoms with Crippen LogP contribution in [0.15, 0.2) is 0 Å². The van der Waals surface area contributed by atoms with Crippen LogP contribution in [-0.4, -0.2) is 26.2 Å². The maximum atomic E-state index is 3.65. The normalized spacial score (nSPS) is 22.1. The molecule has 102 valence electrons. The van der Waals surface area contributed by atoms with E-state index in [9.17, 15) is 0 Å². The van der Waals surface area contributed by atoms with E-state index in [4.69, 9.17) is 0 Å². The molecule has 0 spiro atoms. The molecule has 0 amide bonds. The predicted octanol–water partition coefficient (Wildman–Crippen LogP) is 3.04. The molecule has 0 bridgehead atoms. The maximum absolute atomic E-state index is 3.65. The lowest BCUT2D eigenvalue weighted by Crippen LogP contribution is -2.34. The monoisotopic (exact) mass is 240 g/mol. The zero-order chi connectivity index (χ0) is 12.7. The van der Waals surface area contributed by atoms with Gasteiger partial charge in [-0.1, -0.05) is 27.7 Å². The van der Waals surface area contributed by atoms with Crippen molar-refractivity contribution in [1.29, 1.82) is 0 Å². The third-order valence-electron chi connectivity index (χ3n) is 3.69. The molecule has 17 heavy (non-hydrogen) atoms. The average molecular weight is 240 g/mol. The number of hydrogen-bond donors (Lipinski definition) is 2. The van der Waals surface area contributed by atoms with Crippen molar-refractivity contribution in [2.75, 3.05) is 26.2 Å². The molecule has 0 aromatic heterocycles. The lowest BCUT2D eigenvalue weighted by molar-refractivity contribution is 0.266. The fourth-order valence-corrected chi connectivity index (χ4v) is 3.08. The van der Waals surface area contributed by atoms with Crippen molar-refractivity contribution >= 4 is 0 Å². The topological polar surface area (TPSA) is 24.1 Å². The van der Waals surface area contributed by atoms with Crippen LogP contribution in [0.4, 0.5) is 0 Å². The van der Waals surface area contributed by atoms with Crippen LogP contribution < -0.4 is 10.6 Å². The Hall–Kier alpha value is -0.0800. The average Bonchev–Trinajstić information content (AvgIpc) is 2.24. The van der Waals surface area contributed by atoms with Gasteiger partial charge in [-0.3, -0.25) is 0 Å². The molecule has 2 heteroatoms. The molecule has 2 N–H and O–H groups in total. The minimum absolute atomic E-state index is 0.443. The molecule has 1 unspecified atom stereocenters. The third kappa shape index (κ3) is 7.05. The van der Waals surface area contributed by atoms with Gasteiger partial charge in [0.2, 0.25) is 0 Å².